The average Bonchev–Trinajstić information content (AvgIpc) is 2.57. The number of aromatic nitrogens is 1. The van der Waals surface area contributed by atoms with E-state index in [-0.39, 0.29) is 17.2 Å². The number of halogens is 4. The number of rotatable bonds is 5. The van der Waals surface area contributed by atoms with Crippen LogP contribution in [0.1, 0.15) is 5.56 Å². The largest absolute Gasteiger partial charge is 0.502 e. The monoisotopic (exact) mass is 345 g/mol. The van der Waals surface area contributed by atoms with Crippen LogP contribution in [0.5, 0.6) is 17.2 Å². The summed E-state index contributed by atoms with van der Waals surface area (Å²) in [5.41, 5.74) is 1.04. The summed E-state index contributed by atoms with van der Waals surface area (Å²) in [5, 5.41) is 13.2. The van der Waals surface area contributed by atoms with E-state index in [1.54, 1.807) is 0 Å². The second kappa shape index (κ2) is 7.02. The molecule has 10 heteroatoms. The van der Waals surface area contributed by atoms with Gasteiger partial charge in [-0.25, -0.2) is 0 Å². The van der Waals surface area contributed by atoms with Crippen LogP contribution in [0.25, 0.3) is 0 Å². The molecule has 0 spiro atoms. The quantitative estimate of drug-likeness (QED) is 0.377. The van der Waals surface area contributed by atoms with Gasteiger partial charge >= 0.3 is 0 Å². The number of nitrogens with zero attached hydrogens (tertiary/aromatic N) is 2. The Morgan fingerprint density at radius 3 is 2.00 bits per heavy atom. The highest BCUT2D eigenvalue weighted by Crippen LogP contribution is 2.36. The van der Waals surface area contributed by atoms with Gasteiger partial charge in [0.1, 0.15) is 5.69 Å². The van der Waals surface area contributed by atoms with E-state index in [0.717, 1.165) is 6.21 Å². The number of hydrogen-bond donors (Lipinski definition) is 2. The van der Waals surface area contributed by atoms with Crippen molar-refractivity contribution in [2.24, 2.45) is 5.10 Å². The van der Waals surface area contributed by atoms with Crippen molar-refractivity contribution in [2.45, 2.75) is 0 Å². The van der Waals surface area contributed by atoms with E-state index in [2.05, 4.69) is 10.1 Å². The zero-order chi connectivity index (χ0) is 17.9. The summed E-state index contributed by atoms with van der Waals surface area (Å²) in [7, 11) is 2.61. The molecular weight excluding hydrogens is 334 g/mol. The number of ether oxygens (including phenoxy) is 2. The fourth-order valence-electron chi connectivity index (χ4n) is 1.74. The number of benzene rings is 1. The maximum absolute atomic E-state index is 13.4. The van der Waals surface area contributed by atoms with Gasteiger partial charge in [-0.1, -0.05) is 0 Å². The van der Waals surface area contributed by atoms with Gasteiger partial charge in [-0.3, -0.25) is 5.43 Å². The summed E-state index contributed by atoms with van der Waals surface area (Å²) >= 11 is 0. The molecule has 128 valence electrons. The third kappa shape index (κ3) is 3.31. The predicted octanol–water partition coefficient (Wildman–Crippen LogP) is 2.81. The van der Waals surface area contributed by atoms with Crippen LogP contribution in [0.2, 0.25) is 0 Å². The van der Waals surface area contributed by atoms with Crippen LogP contribution in [0.15, 0.2) is 17.2 Å². The molecule has 2 N–H and O–H groups in total. The standard InChI is InChI=1S/C14H11F4N3O3/c1-23-7-3-6(4-8(24-2)12(7)22)5-19-21-11-9(15)13(17)20-14(18)10(11)16/h3-5,22H,1-2H3,(H,20,21). The highest BCUT2D eigenvalue weighted by Gasteiger charge is 2.20. The molecule has 0 fully saturated rings. The van der Waals surface area contributed by atoms with E-state index in [1.807, 2.05) is 5.43 Å². The second-order valence-corrected chi connectivity index (χ2v) is 4.34. The van der Waals surface area contributed by atoms with Crippen LogP contribution in [-0.4, -0.2) is 30.5 Å². The van der Waals surface area contributed by atoms with Crippen LogP contribution in [0.4, 0.5) is 23.2 Å². The average molecular weight is 345 g/mol. The van der Waals surface area contributed by atoms with E-state index in [9.17, 15) is 22.7 Å². The Kier molecular flexibility index (Phi) is 5.07. The number of aromatic hydroxyl groups is 1. The van der Waals surface area contributed by atoms with Crippen LogP contribution in [0, 0.1) is 23.5 Å². The number of pyridine rings is 1. The number of methoxy groups -OCH3 is 2. The molecule has 0 saturated heterocycles. The lowest BCUT2D eigenvalue weighted by Gasteiger charge is -2.09. The number of nitrogens with one attached hydrogen (secondary N) is 1. The molecule has 0 bridgehead atoms. The summed E-state index contributed by atoms with van der Waals surface area (Å²) in [4.78, 5) is 2.42. The molecule has 2 rings (SSSR count). The highest BCUT2D eigenvalue weighted by atomic mass is 19.2. The number of hydrogen-bond acceptors (Lipinski definition) is 6. The zero-order valence-corrected chi connectivity index (χ0v) is 12.4. The van der Waals surface area contributed by atoms with E-state index in [0.29, 0.717) is 5.56 Å². The molecule has 1 aromatic carbocycles. The van der Waals surface area contributed by atoms with Crippen molar-refractivity contribution in [1.82, 2.24) is 4.98 Å². The molecule has 1 aromatic heterocycles. The van der Waals surface area contributed by atoms with E-state index >= 15 is 0 Å². The third-order valence-corrected chi connectivity index (χ3v) is 2.89. The minimum atomic E-state index is -1.81. The van der Waals surface area contributed by atoms with Crippen molar-refractivity contribution < 1.29 is 32.1 Å². The molecule has 0 unspecified atom stereocenters. The summed E-state index contributed by atoms with van der Waals surface area (Å²) in [6.45, 7) is 0. The van der Waals surface area contributed by atoms with E-state index in [4.69, 9.17) is 9.47 Å². The van der Waals surface area contributed by atoms with Crippen molar-refractivity contribution in [1.29, 1.82) is 0 Å². The first-order valence-electron chi connectivity index (χ1n) is 6.33. The van der Waals surface area contributed by atoms with Crippen molar-refractivity contribution >= 4 is 11.9 Å². The molecule has 0 saturated carbocycles. The van der Waals surface area contributed by atoms with E-state index in [1.165, 1.54) is 26.4 Å². The van der Waals surface area contributed by atoms with Crippen molar-refractivity contribution in [3.8, 4) is 17.2 Å². The van der Waals surface area contributed by atoms with E-state index < -0.39 is 29.2 Å². The topological polar surface area (TPSA) is 76.0 Å². The number of hydrazone groups is 1. The van der Waals surface area contributed by atoms with Gasteiger partial charge in [0, 0.05) is 5.56 Å². The van der Waals surface area contributed by atoms with Gasteiger partial charge in [0.15, 0.2) is 11.5 Å². The van der Waals surface area contributed by atoms with Crippen molar-refractivity contribution in [3.05, 3.63) is 41.2 Å². The normalized spacial score (nSPS) is 10.9. The number of phenolic OH excluding ortho intramolecular Hbond substituents is 1. The minimum absolute atomic E-state index is 0.0640. The molecule has 6 nitrogen and oxygen atoms in total. The third-order valence-electron chi connectivity index (χ3n) is 2.89. The van der Waals surface area contributed by atoms with Crippen molar-refractivity contribution in [3.63, 3.8) is 0 Å². The molecule has 0 amide bonds. The summed E-state index contributed by atoms with van der Waals surface area (Å²) in [6, 6.07) is 2.70. The van der Waals surface area contributed by atoms with Gasteiger partial charge in [-0.2, -0.15) is 27.6 Å². The molecular formula is C14H11F4N3O3. The van der Waals surface area contributed by atoms with Crippen LogP contribution >= 0.6 is 0 Å². The second-order valence-electron chi connectivity index (χ2n) is 4.34. The minimum Gasteiger partial charge on any atom is -0.502 e. The molecule has 0 aliphatic carbocycles. The zero-order valence-electron chi connectivity index (χ0n) is 12.4. The Morgan fingerprint density at radius 2 is 1.54 bits per heavy atom. The number of anilines is 1. The van der Waals surface area contributed by atoms with Gasteiger partial charge in [-0.15, -0.1) is 0 Å². The molecule has 0 atom stereocenters. The van der Waals surface area contributed by atoms with Gasteiger partial charge in [0.2, 0.25) is 17.4 Å². The van der Waals surface area contributed by atoms with Crippen molar-refractivity contribution in [2.75, 3.05) is 19.6 Å². The molecule has 0 aliphatic rings. The van der Waals surface area contributed by atoms with Gasteiger partial charge in [-0.05, 0) is 12.1 Å². The Labute approximate surface area is 133 Å². The lowest BCUT2D eigenvalue weighted by molar-refractivity contribution is 0.340. The Morgan fingerprint density at radius 1 is 1.04 bits per heavy atom. The maximum atomic E-state index is 13.4. The fourth-order valence-corrected chi connectivity index (χ4v) is 1.74. The molecule has 24 heavy (non-hydrogen) atoms. The Hall–Kier alpha value is -3.04. The number of phenols is 1. The Balaban J connectivity index is 2.31. The molecule has 1 heterocycles. The first kappa shape index (κ1) is 17.3. The molecule has 0 radical (unpaired) electrons. The SMILES string of the molecule is COc1cc(C=NNc2c(F)c(F)nc(F)c2F)cc(OC)c1O. The first-order chi connectivity index (χ1) is 11.4. The fraction of sp³-hybridized carbons (Fsp3) is 0.143. The first-order valence-corrected chi connectivity index (χ1v) is 6.33. The molecule has 2 aromatic rings. The maximum Gasteiger partial charge on any atom is 0.254 e. The van der Waals surface area contributed by atoms with Crippen LogP contribution < -0.4 is 14.9 Å². The van der Waals surface area contributed by atoms with Gasteiger partial charge < -0.3 is 14.6 Å². The van der Waals surface area contributed by atoms with Crippen LogP contribution in [0.3, 0.4) is 0 Å². The highest BCUT2D eigenvalue weighted by molar-refractivity contribution is 5.83. The Bertz CT molecular complexity index is 748. The lowest BCUT2D eigenvalue weighted by Crippen LogP contribution is -2.06. The predicted molar refractivity (Wildman–Crippen MR) is 76.5 cm³/mol. The van der Waals surface area contributed by atoms with Gasteiger partial charge in [0.05, 0.1) is 20.4 Å². The van der Waals surface area contributed by atoms with Gasteiger partial charge in [0.25, 0.3) is 11.9 Å². The summed E-state index contributed by atoms with van der Waals surface area (Å²) in [6.07, 6.45) is 1.07. The lowest BCUT2D eigenvalue weighted by atomic mass is 10.2. The molecule has 0 aliphatic heterocycles. The summed E-state index contributed by atoms with van der Waals surface area (Å²) in [5.74, 6) is -7.17. The smallest absolute Gasteiger partial charge is 0.254 e. The summed E-state index contributed by atoms with van der Waals surface area (Å²) < 4.78 is 62.6. The van der Waals surface area contributed by atoms with Crippen LogP contribution in [-0.2, 0) is 0 Å².